The normalized spacial score (nSPS) is 36.9. The molecule has 0 saturated heterocycles. The summed E-state index contributed by atoms with van der Waals surface area (Å²) in [5.41, 5.74) is 0.252. The molecule has 92 valence electrons. The molecule has 2 rings (SSSR count). The molecule has 0 aliphatic heterocycles. The third-order valence-electron chi connectivity index (χ3n) is 4.30. The number of hydrogen-bond acceptors (Lipinski definition) is 1. The van der Waals surface area contributed by atoms with E-state index in [1.807, 2.05) is 11.9 Å². The second kappa shape index (κ2) is 4.32. The van der Waals surface area contributed by atoms with Crippen molar-refractivity contribution < 1.29 is 4.79 Å². The average Bonchev–Trinajstić information content (AvgIpc) is 2.86. The summed E-state index contributed by atoms with van der Waals surface area (Å²) in [5.74, 6) is 0.639. The Hall–Kier alpha value is -0.0500. The fourth-order valence-corrected chi connectivity index (χ4v) is 3.74. The van der Waals surface area contributed by atoms with E-state index in [9.17, 15) is 4.79 Å². The summed E-state index contributed by atoms with van der Waals surface area (Å²) in [7, 11) is 1.99. The molecule has 2 fully saturated rings. The molecule has 1 amide bonds. The Morgan fingerprint density at radius 1 is 1.31 bits per heavy atom. The summed E-state index contributed by atoms with van der Waals surface area (Å²) >= 11 is 3.73. The highest BCUT2D eigenvalue weighted by molar-refractivity contribution is 9.09. The van der Waals surface area contributed by atoms with Gasteiger partial charge in [-0.3, -0.25) is 4.79 Å². The minimum absolute atomic E-state index is 0.252. The van der Waals surface area contributed by atoms with Crippen LogP contribution < -0.4 is 0 Å². The second-order valence-corrected chi connectivity index (χ2v) is 7.24. The Morgan fingerprint density at radius 2 is 1.88 bits per heavy atom. The molecule has 0 spiro atoms. The Labute approximate surface area is 107 Å². The minimum Gasteiger partial charge on any atom is -0.341 e. The van der Waals surface area contributed by atoms with Crippen LogP contribution in [0.3, 0.4) is 0 Å². The van der Waals surface area contributed by atoms with Crippen LogP contribution in [0.15, 0.2) is 0 Å². The van der Waals surface area contributed by atoms with Crippen molar-refractivity contribution >= 4 is 21.8 Å². The molecule has 2 nitrogen and oxygen atoms in total. The van der Waals surface area contributed by atoms with Crippen LogP contribution in [0.25, 0.3) is 0 Å². The number of alkyl halides is 1. The largest absolute Gasteiger partial charge is 0.341 e. The monoisotopic (exact) mass is 287 g/mol. The SMILES string of the molecule is CN(C(=O)C1CC1(C)C)C1CCCCC1Br. The average molecular weight is 288 g/mol. The topological polar surface area (TPSA) is 20.3 Å². The van der Waals surface area contributed by atoms with Gasteiger partial charge in [-0.15, -0.1) is 0 Å². The lowest BCUT2D eigenvalue weighted by Gasteiger charge is -2.35. The standard InChI is InChI=1S/C13H22BrNO/c1-13(2)8-9(13)12(16)15(3)11-7-5-4-6-10(11)14/h9-11H,4-8H2,1-3H3. The quantitative estimate of drug-likeness (QED) is 0.715. The maximum atomic E-state index is 12.3. The van der Waals surface area contributed by atoms with Crippen molar-refractivity contribution in [3.8, 4) is 0 Å². The molecule has 0 radical (unpaired) electrons. The number of rotatable bonds is 2. The van der Waals surface area contributed by atoms with Gasteiger partial charge in [-0.05, 0) is 24.7 Å². The van der Waals surface area contributed by atoms with Gasteiger partial charge in [0.1, 0.15) is 0 Å². The second-order valence-electron chi connectivity index (χ2n) is 6.06. The first kappa shape index (κ1) is 12.4. The molecule has 0 N–H and O–H groups in total. The van der Waals surface area contributed by atoms with Crippen molar-refractivity contribution in [2.45, 2.75) is 56.8 Å². The molecule has 16 heavy (non-hydrogen) atoms. The van der Waals surface area contributed by atoms with Crippen LogP contribution in [0.2, 0.25) is 0 Å². The maximum Gasteiger partial charge on any atom is 0.226 e. The number of halogens is 1. The number of amides is 1. The Balaban J connectivity index is 1.96. The molecule has 0 heterocycles. The minimum atomic E-state index is 0.252. The summed E-state index contributed by atoms with van der Waals surface area (Å²) in [6, 6.07) is 0.414. The van der Waals surface area contributed by atoms with Crippen molar-refractivity contribution in [1.82, 2.24) is 4.90 Å². The van der Waals surface area contributed by atoms with Gasteiger partial charge < -0.3 is 4.90 Å². The highest BCUT2D eigenvalue weighted by atomic mass is 79.9. The van der Waals surface area contributed by atoms with E-state index in [-0.39, 0.29) is 11.3 Å². The third kappa shape index (κ3) is 2.29. The highest BCUT2D eigenvalue weighted by Gasteiger charge is 2.52. The molecule has 0 bridgehead atoms. The molecule has 2 aliphatic rings. The van der Waals surface area contributed by atoms with Crippen molar-refractivity contribution in [3.63, 3.8) is 0 Å². The van der Waals surface area contributed by atoms with E-state index in [2.05, 4.69) is 29.8 Å². The summed E-state index contributed by atoms with van der Waals surface area (Å²) in [4.78, 5) is 14.8. The molecule has 0 aromatic heterocycles. The maximum absolute atomic E-state index is 12.3. The zero-order valence-electron chi connectivity index (χ0n) is 10.5. The van der Waals surface area contributed by atoms with Gasteiger partial charge in [0.05, 0.1) is 0 Å². The van der Waals surface area contributed by atoms with Crippen LogP contribution in [-0.2, 0) is 4.79 Å². The summed E-state index contributed by atoms with van der Waals surface area (Å²) in [5, 5.41) is 0. The molecule has 2 saturated carbocycles. The van der Waals surface area contributed by atoms with Gasteiger partial charge in [-0.1, -0.05) is 42.6 Å². The van der Waals surface area contributed by atoms with Gasteiger partial charge >= 0.3 is 0 Å². The van der Waals surface area contributed by atoms with Crippen LogP contribution in [-0.4, -0.2) is 28.7 Å². The van der Waals surface area contributed by atoms with Crippen molar-refractivity contribution in [3.05, 3.63) is 0 Å². The van der Waals surface area contributed by atoms with Gasteiger partial charge in [-0.25, -0.2) is 0 Å². The van der Waals surface area contributed by atoms with Crippen LogP contribution in [0, 0.1) is 11.3 Å². The summed E-state index contributed by atoms with van der Waals surface area (Å²) in [6.45, 7) is 4.38. The van der Waals surface area contributed by atoms with Crippen LogP contribution in [0.4, 0.5) is 0 Å². The predicted molar refractivity (Wildman–Crippen MR) is 69.6 cm³/mol. The Bertz CT molecular complexity index is 290. The third-order valence-corrected chi connectivity index (χ3v) is 5.37. The Morgan fingerprint density at radius 3 is 2.38 bits per heavy atom. The number of carbonyl (C=O) groups is 1. The van der Waals surface area contributed by atoms with Gasteiger partial charge in [0.25, 0.3) is 0 Å². The zero-order valence-corrected chi connectivity index (χ0v) is 12.1. The molecule has 3 atom stereocenters. The summed E-state index contributed by atoms with van der Waals surface area (Å²) < 4.78 is 0. The van der Waals surface area contributed by atoms with E-state index in [0.717, 1.165) is 12.8 Å². The predicted octanol–water partition coefficient (Wildman–Crippen LogP) is 3.20. The van der Waals surface area contributed by atoms with Crippen molar-refractivity contribution in [2.75, 3.05) is 7.05 Å². The van der Waals surface area contributed by atoms with E-state index >= 15 is 0 Å². The van der Waals surface area contributed by atoms with Crippen LogP contribution in [0.1, 0.15) is 46.0 Å². The van der Waals surface area contributed by atoms with Crippen LogP contribution in [0.5, 0.6) is 0 Å². The number of carbonyl (C=O) groups excluding carboxylic acids is 1. The fourth-order valence-electron chi connectivity index (χ4n) is 2.80. The van der Waals surface area contributed by atoms with E-state index in [4.69, 9.17) is 0 Å². The molecule has 3 heteroatoms. The molecule has 3 unspecified atom stereocenters. The first-order valence-corrected chi connectivity index (χ1v) is 7.26. The van der Waals surface area contributed by atoms with Gasteiger partial charge in [0.2, 0.25) is 5.91 Å². The first-order valence-electron chi connectivity index (χ1n) is 6.34. The molecule has 0 aromatic carbocycles. The smallest absolute Gasteiger partial charge is 0.226 e. The van der Waals surface area contributed by atoms with E-state index in [1.165, 1.54) is 19.3 Å². The molecular formula is C13H22BrNO. The number of nitrogens with zero attached hydrogens (tertiary/aromatic N) is 1. The van der Waals surface area contributed by atoms with Crippen molar-refractivity contribution in [2.24, 2.45) is 11.3 Å². The van der Waals surface area contributed by atoms with Crippen molar-refractivity contribution in [1.29, 1.82) is 0 Å². The van der Waals surface area contributed by atoms with E-state index in [1.54, 1.807) is 0 Å². The highest BCUT2D eigenvalue weighted by Crippen LogP contribution is 2.52. The zero-order chi connectivity index (χ0) is 11.9. The Kier molecular flexibility index (Phi) is 3.35. The molecular weight excluding hydrogens is 266 g/mol. The van der Waals surface area contributed by atoms with E-state index < -0.39 is 0 Å². The lowest BCUT2D eigenvalue weighted by molar-refractivity contribution is -0.134. The van der Waals surface area contributed by atoms with E-state index in [0.29, 0.717) is 16.8 Å². The fraction of sp³-hybridized carbons (Fsp3) is 0.923. The van der Waals surface area contributed by atoms with Gasteiger partial charge in [-0.2, -0.15) is 0 Å². The molecule has 2 aliphatic carbocycles. The lowest BCUT2D eigenvalue weighted by atomic mass is 9.94. The van der Waals surface area contributed by atoms with Crippen LogP contribution >= 0.6 is 15.9 Å². The van der Waals surface area contributed by atoms with Gasteiger partial charge in [0, 0.05) is 23.8 Å². The molecule has 0 aromatic rings. The lowest BCUT2D eigenvalue weighted by Crippen LogP contribution is -2.45. The van der Waals surface area contributed by atoms with Gasteiger partial charge in [0.15, 0.2) is 0 Å². The summed E-state index contributed by atoms with van der Waals surface area (Å²) in [6.07, 6.45) is 5.99. The first-order chi connectivity index (χ1) is 7.43. The number of hydrogen-bond donors (Lipinski definition) is 0.